The van der Waals surface area contributed by atoms with Crippen LogP contribution in [0.5, 0.6) is 0 Å². The predicted octanol–water partition coefficient (Wildman–Crippen LogP) is 0.691. The molecular weight excluding hydrogens is 190 g/mol. The summed E-state index contributed by atoms with van der Waals surface area (Å²) in [5, 5.41) is 0. The van der Waals surface area contributed by atoms with Crippen molar-refractivity contribution in [2.75, 3.05) is 32.8 Å². The number of alkyl halides is 2. The third kappa shape index (κ3) is 3.48. The van der Waals surface area contributed by atoms with E-state index in [0.717, 1.165) is 6.42 Å². The Morgan fingerprint density at radius 3 is 2.93 bits per heavy atom. The third-order valence-electron chi connectivity index (χ3n) is 2.45. The maximum Gasteiger partial charge on any atom is 0.272 e. The molecule has 84 valence electrons. The second kappa shape index (κ2) is 5.00. The quantitative estimate of drug-likeness (QED) is 0.741. The minimum Gasteiger partial charge on any atom is -0.380 e. The lowest BCUT2D eigenvalue weighted by Gasteiger charge is -2.29. The number of rotatable bonds is 3. The SMILES string of the molecule is CC1COCCCN1CC(F)(F)CN. The Balaban J connectivity index is 2.48. The third-order valence-corrected chi connectivity index (χ3v) is 2.45. The van der Waals surface area contributed by atoms with Crippen molar-refractivity contribution in [3.05, 3.63) is 0 Å². The number of hydrogen-bond donors (Lipinski definition) is 1. The lowest BCUT2D eigenvalue weighted by Crippen LogP contribution is -2.46. The van der Waals surface area contributed by atoms with E-state index in [-0.39, 0.29) is 12.6 Å². The number of halogens is 2. The largest absolute Gasteiger partial charge is 0.380 e. The van der Waals surface area contributed by atoms with Gasteiger partial charge in [-0.1, -0.05) is 0 Å². The molecule has 1 rings (SSSR count). The Kier molecular flexibility index (Phi) is 4.22. The van der Waals surface area contributed by atoms with Gasteiger partial charge in [0.25, 0.3) is 5.92 Å². The number of nitrogens with two attached hydrogens (primary N) is 1. The summed E-state index contributed by atoms with van der Waals surface area (Å²) in [6.45, 7) is 2.91. The first-order valence-corrected chi connectivity index (χ1v) is 4.95. The van der Waals surface area contributed by atoms with Gasteiger partial charge in [0.1, 0.15) is 0 Å². The Labute approximate surface area is 83.2 Å². The number of hydrogen-bond acceptors (Lipinski definition) is 3. The monoisotopic (exact) mass is 208 g/mol. The Morgan fingerprint density at radius 1 is 1.57 bits per heavy atom. The summed E-state index contributed by atoms with van der Waals surface area (Å²) >= 11 is 0. The van der Waals surface area contributed by atoms with Gasteiger partial charge in [-0.2, -0.15) is 0 Å². The van der Waals surface area contributed by atoms with Crippen LogP contribution in [0.4, 0.5) is 8.78 Å². The van der Waals surface area contributed by atoms with Crippen LogP contribution in [0.1, 0.15) is 13.3 Å². The molecule has 1 unspecified atom stereocenters. The smallest absolute Gasteiger partial charge is 0.272 e. The molecule has 0 aromatic heterocycles. The average Bonchev–Trinajstić information content (AvgIpc) is 2.32. The highest BCUT2D eigenvalue weighted by atomic mass is 19.3. The van der Waals surface area contributed by atoms with E-state index >= 15 is 0 Å². The second-order valence-electron chi connectivity index (χ2n) is 3.81. The molecule has 0 aromatic rings. The summed E-state index contributed by atoms with van der Waals surface area (Å²) in [6.07, 6.45) is 0.811. The fourth-order valence-electron chi connectivity index (χ4n) is 1.55. The molecule has 1 aliphatic heterocycles. The van der Waals surface area contributed by atoms with Crippen LogP contribution in [0.25, 0.3) is 0 Å². The molecule has 0 aliphatic carbocycles. The van der Waals surface area contributed by atoms with E-state index in [1.807, 2.05) is 6.92 Å². The first-order valence-electron chi connectivity index (χ1n) is 4.95. The van der Waals surface area contributed by atoms with E-state index in [0.29, 0.717) is 19.8 Å². The van der Waals surface area contributed by atoms with Crippen molar-refractivity contribution in [2.24, 2.45) is 5.73 Å². The van der Waals surface area contributed by atoms with Crippen molar-refractivity contribution in [1.82, 2.24) is 4.90 Å². The zero-order chi connectivity index (χ0) is 10.6. The van der Waals surface area contributed by atoms with Gasteiger partial charge in [0, 0.05) is 19.2 Å². The van der Waals surface area contributed by atoms with Crippen molar-refractivity contribution in [3.8, 4) is 0 Å². The van der Waals surface area contributed by atoms with E-state index in [1.54, 1.807) is 4.90 Å². The molecule has 1 aliphatic rings. The van der Waals surface area contributed by atoms with Gasteiger partial charge in [0.2, 0.25) is 0 Å². The summed E-state index contributed by atoms with van der Waals surface area (Å²) < 4.78 is 31.3. The fraction of sp³-hybridized carbons (Fsp3) is 1.00. The van der Waals surface area contributed by atoms with E-state index in [4.69, 9.17) is 10.5 Å². The van der Waals surface area contributed by atoms with Crippen LogP contribution in [-0.2, 0) is 4.74 Å². The van der Waals surface area contributed by atoms with Gasteiger partial charge in [-0.25, -0.2) is 8.78 Å². The van der Waals surface area contributed by atoms with Crippen LogP contribution in [0.2, 0.25) is 0 Å². The zero-order valence-electron chi connectivity index (χ0n) is 8.51. The normalized spacial score (nSPS) is 26.1. The summed E-state index contributed by atoms with van der Waals surface area (Å²) in [4.78, 5) is 1.75. The van der Waals surface area contributed by atoms with E-state index in [1.165, 1.54) is 0 Å². The molecule has 1 heterocycles. The molecule has 1 saturated heterocycles. The summed E-state index contributed by atoms with van der Waals surface area (Å²) in [5.74, 6) is -2.78. The molecule has 1 atom stereocenters. The van der Waals surface area contributed by atoms with Gasteiger partial charge in [0.05, 0.1) is 19.7 Å². The minimum atomic E-state index is -2.78. The standard InChI is InChI=1S/C9H18F2N2O/c1-8-5-14-4-2-3-13(8)7-9(10,11)6-12/h8H,2-7,12H2,1H3. The maximum atomic E-state index is 13.0. The molecule has 2 N–H and O–H groups in total. The van der Waals surface area contributed by atoms with Crippen molar-refractivity contribution in [1.29, 1.82) is 0 Å². The molecule has 0 saturated carbocycles. The van der Waals surface area contributed by atoms with E-state index in [2.05, 4.69) is 0 Å². The average molecular weight is 208 g/mol. The van der Waals surface area contributed by atoms with E-state index < -0.39 is 12.5 Å². The molecule has 1 fully saturated rings. The molecule has 3 nitrogen and oxygen atoms in total. The molecule has 0 amide bonds. The van der Waals surface area contributed by atoms with Crippen LogP contribution in [-0.4, -0.2) is 49.7 Å². The van der Waals surface area contributed by atoms with Gasteiger partial charge in [0.15, 0.2) is 0 Å². The molecular formula is C9H18F2N2O. The summed E-state index contributed by atoms with van der Waals surface area (Å²) in [5.41, 5.74) is 5.00. The Bertz CT molecular complexity index is 178. The van der Waals surface area contributed by atoms with Gasteiger partial charge < -0.3 is 10.5 Å². The summed E-state index contributed by atoms with van der Waals surface area (Å²) in [7, 11) is 0. The van der Waals surface area contributed by atoms with Crippen LogP contribution < -0.4 is 5.73 Å². The van der Waals surface area contributed by atoms with Gasteiger partial charge in [-0.05, 0) is 13.3 Å². The first-order chi connectivity index (χ1) is 6.55. The molecule has 0 radical (unpaired) electrons. The highest BCUT2D eigenvalue weighted by Crippen LogP contribution is 2.17. The van der Waals surface area contributed by atoms with Crippen LogP contribution in [0.3, 0.4) is 0 Å². The van der Waals surface area contributed by atoms with Crippen molar-refractivity contribution in [3.63, 3.8) is 0 Å². The maximum absolute atomic E-state index is 13.0. The molecule has 0 bridgehead atoms. The van der Waals surface area contributed by atoms with Gasteiger partial charge in [-0.15, -0.1) is 0 Å². The number of nitrogens with zero attached hydrogens (tertiary/aromatic N) is 1. The van der Waals surface area contributed by atoms with Crippen LogP contribution >= 0.6 is 0 Å². The van der Waals surface area contributed by atoms with Crippen molar-refractivity contribution >= 4 is 0 Å². The predicted molar refractivity (Wildman–Crippen MR) is 50.5 cm³/mol. The van der Waals surface area contributed by atoms with Crippen LogP contribution in [0, 0.1) is 0 Å². The molecule has 0 aromatic carbocycles. The van der Waals surface area contributed by atoms with Gasteiger partial charge in [-0.3, -0.25) is 4.90 Å². The van der Waals surface area contributed by atoms with Crippen LogP contribution in [0.15, 0.2) is 0 Å². The fourth-order valence-corrected chi connectivity index (χ4v) is 1.55. The second-order valence-corrected chi connectivity index (χ2v) is 3.81. The topological polar surface area (TPSA) is 38.5 Å². The first kappa shape index (κ1) is 11.8. The molecule has 14 heavy (non-hydrogen) atoms. The lowest BCUT2D eigenvalue weighted by atomic mass is 10.2. The zero-order valence-corrected chi connectivity index (χ0v) is 8.51. The van der Waals surface area contributed by atoms with Gasteiger partial charge >= 0.3 is 0 Å². The molecule has 0 spiro atoms. The highest BCUT2D eigenvalue weighted by molar-refractivity contribution is 4.78. The Morgan fingerprint density at radius 2 is 2.29 bits per heavy atom. The Hall–Kier alpha value is -0.260. The molecule has 5 heteroatoms. The van der Waals surface area contributed by atoms with Crippen molar-refractivity contribution < 1.29 is 13.5 Å². The van der Waals surface area contributed by atoms with Crippen molar-refractivity contribution in [2.45, 2.75) is 25.3 Å². The minimum absolute atomic E-state index is 0.0509. The lowest BCUT2D eigenvalue weighted by molar-refractivity contribution is -0.0344. The summed E-state index contributed by atoms with van der Waals surface area (Å²) in [6, 6.07) is 0.0509. The number of ether oxygens (including phenoxy) is 1. The highest BCUT2D eigenvalue weighted by Gasteiger charge is 2.32. The van der Waals surface area contributed by atoms with E-state index in [9.17, 15) is 8.78 Å².